The number of aromatic nitrogens is 1. The van der Waals surface area contributed by atoms with Crippen LogP contribution < -0.4 is 5.32 Å². The molecule has 1 aromatic carbocycles. The first-order valence-corrected chi connectivity index (χ1v) is 9.40. The van der Waals surface area contributed by atoms with Crippen molar-refractivity contribution >= 4 is 34.7 Å². The second-order valence-electron chi connectivity index (χ2n) is 5.32. The van der Waals surface area contributed by atoms with Crippen LogP contribution in [-0.4, -0.2) is 18.1 Å². The molecule has 1 N–H and O–H groups in total. The topological polar surface area (TPSA) is 24.9 Å². The molecule has 0 bridgehead atoms. The molecule has 2 aromatic rings. The first-order valence-electron chi connectivity index (χ1n) is 7.22. The lowest BCUT2D eigenvalue weighted by Crippen LogP contribution is -2.16. The summed E-state index contributed by atoms with van der Waals surface area (Å²) >= 11 is 10.0. The maximum Gasteiger partial charge on any atom is 0.150 e. The van der Waals surface area contributed by atoms with Gasteiger partial charge in [-0.2, -0.15) is 0 Å². The number of halogens is 1. The van der Waals surface area contributed by atoms with Crippen molar-refractivity contribution in [3.63, 3.8) is 0 Å². The average Bonchev–Trinajstić information content (AvgIpc) is 2.67. The Labute approximate surface area is 139 Å². The Balaban J connectivity index is 1.84. The Kier molecular flexibility index (Phi) is 4.89. The van der Waals surface area contributed by atoms with Gasteiger partial charge in [-0.15, -0.1) is 11.3 Å². The summed E-state index contributed by atoms with van der Waals surface area (Å²) in [7, 11) is 0. The van der Waals surface area contributed by atoms with E-state index >= 15 is 0 Å². The summed E-state index contributed by atoms with van der Waals surface area (Å²) < 4.78 is 1.14. The minimum absolute atomic E-state index is 0.896. The van der Waals surface area contributed by atoms with Gasteiger partial charge in [0.25, 0.3) is 0 Å². The van der Waals surface area contributed by atoms with E-state index in [1.54, 1.807) is 23.1 Å². The molecule has 5 heteroatoms. The van der Waals surface area contributed by atoms with E-state index in [0.29, 0.717) is 0 Å². The SMILES string of the molecule is Cc1nc(SCc2c(Cl)ccc3c2CCNCC3)sc1C. The van der Waals surface area contributed by atoms with Crippen LogP contribution in [0.4, 0.5) is 0 Å². The minimum Gasteiger partial charge on any atom is -0.316 e. The monoisotopic (exact) mass is 338 g/mol. The van der Waals surface area contributed by atoms with E-state index in [9.17, 15) is 0 Å². The van der Waals surface area contributed by atoms with E-state index < -0.39 is 0 Å². The van der Waals surface area contributed by atoms with Crippen LogP contribution in [0, 0.1) is 13.8 Å². The average molecular weight is 339 g/mol. The number of hydrogen-bond acceptors (Lipinski definition) is 4. The molecule has 0 radical (unpaired) electrons. The Morgan fingerprint density at radius 2 is 2.10 bits per heavy atom. The van der Waals surface area contributed by atoms with Crippen LogP contribution in [0.2, 0.25) is 5.02 Å². The minimum atomic E-state index is 0.896. The number of nitrogens with one attached hydrogen (secondary N) is 1. The fourth-order valence-corrected chi connectivity index (χ4v) is 5.16. The smallest absolute Gasteiger partial charge is 0.150 e. The molecule has 1 aliphatic rings. The lowest BCUT2D eigenvalue weighted by atomic mass is 9.98. The number of benzene rings is 1. The van der Waals surface area contributed by atoms with Gasteiger partial charge in [0.15, 0.2) is 4.34 Å². The van der Waals surface area contributed by atoms with Gasteiger partial charge in [-0.1, -0.05) is 29.4 Å². The first-order chi connectivity index (χ1) is 10.1. The summed E-state index contributed by atoms with van der Waals surface area (Å²) in [5.74, 6) is 0.911. The summed E-state index contributed by atoms with van der Waals surface area (Å²) in [4.78, 5) is 5.92. The molecule has 0 unspecified atom stereocenters. The maximum atomic E-state index is 6.47. The van der Waals surface area contributed by atoms with E-state index in [0.717, 1.165) is 46.7 Å². The van der Waals surface area contributed by atoms with Crippen molar-refractivity contribution in [2.45, 2.75) is 36.8 Å². The molecule has 21 heavy (non-hydrogen) atoms. The fourth-order valence-electron chi connectivity index (χ4n) is 2.62. The third-order valence-corrected chi connectivity index (χ3v) is 6.54. The standard InChI is InChI=1S/C16H19ClN2S2/c1-10-11(2)21-16(19-10)20-9-14-13-6-8-18-7-5-12(13)3-4-15(14)17/h3-4,18H,5-9H2,1-2H3. The molecule has 0 saturated carbocycles. The summed E-state index contributed by atoms with van der Waals surface area (Å²) in [5, 5.41) is 4.36. The quantitative estimate of drug-likeness (QED) is 0.840. The highest BCUT2D eigenvalue weighted by Gasteiger charge is 2.15. The molecule has 0 spiro atoms. The van der Waals surface area contributed by atoms with E-state index in [1.165, 1.54) is 21.6 Å². The van der Waals surface area contributed by atoms with Gasteiger partial charge in [0.1, 0.15) is 0 Å². The van der Waals surface area contributed by atoms with Gasteiger partial charge in [-0.3, -0.25) is 0 Å². The number of aryl methyl sites for hydroxylation is 2. The molecule has 2 heterocycles. The van der Waals surface area contributed by atoms with Gasteiger partial charge >= 0.3 is 0 Å². The number of rotatable bonds is 3. The van der Waals surface area contributed by atoms with E-state index in [1.807, 2.05) is 0 Å². The van der Waals surface area contributed by atoms with Crippen molar-refractivity contribution in [2.24, 2.45) is 0 Å². The molecular formula is C16H19ClN2S2. The Bertz CT molecular complexity index is 632. The zero-order chi connectivity index (χ0) is 14.8. The highest BCUT2D eigenvalue weighted by molar-refractivity contribution is 8.00. The van der Waals surface area contributed by atoms with Gasteiger partial charge in [-0.25, -0.2) is 4.98 Å². The lowest BCUT2D eigenvalue weighted by Gasteiger charge is -2.13. The molecule has 112 valence electrons. The molecule has 0 amide bonds. The molecule has 1 aliphatic heterocycles. The Morgan fingerprint density at radius 3 is 2.86 bits per heavy atom. The van der Waals surface area contributed by atoms with Crippen molar-refractivity contribution in [1.29, 1.82) is 0 Å². The first kappa shape index (κ1) is 15.3. The predicted molar refractivity (Wildman–Crippen MR) is 92.9 cm³/mol. The second-order valence-corrected chi connectivity index (χ2v) is 8.16. The third-order valence-electron chi connectivity index (χ3n) is 3.94. The summed E-state index contributed by atoms with van der Waals surface area (Å²) in [6.07, 6.45) is 2.17. The highest BCUT2D eigenvalue weighted by Crippen LogP contribution is 2.34. The van der Waals surface area contributed by atoms with E-state index in [2.05, 4.69) is 36.3 Å². The van der Waals surface area contributed by atoms with Gasteiger partial charge < -0.3 is 5.32 Å². The normalized spacial score (nSPS) is 14.8. The molecule has 2 nitrogen and oxygen atoms in total. The van der Waals surface area contributed by atoms with Crippen LogP contribution >= 0.6 is 34.7 Å². The van der Waals surface area contributed by atoms with E-state index in [-0.39, 0.29) is 0 Å². The van der Waals surface area contributed by atoms with Gasteiger partial charge in [0.2, 0.25) is 0 Å². The van der Waals surface area contributed by atoms with Crippen LogP contribution in [-0.2, 0) is 18.6 Å². The van der Waals surface area contributed by atoms with E-state index in [4.69, 9.17) is 11.6 Å². The molecular weight excluding hydrogens is 320 g/mol. The van der Waals surface area contributed by atoms with Gasteiger partial charge in [0.05, 0.1) is 5.69 Å². The Morgan fingerprint density at radius 1 is 1.29 bits per heavy atom. The van der Waals surface area contributed by atoms with Crippen LogP contribution in [0.15, 0.2) is 16.5 Å². The van der Waals surface area contributed by atoms with Crippen molar-refractivity contribution in [1.82, 2.24) is 10.3 Å². The van der Waals surface area contributed by atoms with Crippen molar-refractivity contribution in [2.75, 3.05) is 13.1 Å². The Hall–Kier alpha value is -0.550. The number of thiazole rings is 1. The van der Waals surface area contributed by atoms with Crippen LogP contribution in [0.3, 0.4) is 0 Å². The second kappa shape index (κ2) is 6.69. The van der Waals surface area contributed by atoms with Crippen molar-refractivity contribution in [3.8, 4) is 0 Å². The number of nitrogens with zero attached hydrogens (tertiary/aromatic N) is 1. The maximum absolute atomic E-state index is 6.47. The molecule has 3 rings (SSSR count). The van der Waals surface area contributed by atoms with Crippen LogP contribution in [0.1, 0.15) is 27.3 Å². The van der Waals surface area contributed by atoms with Gasteiger partial charge in [0, 0.05) is 15.7 Å². The van der Waals surface area contributed by atoms with Crippen LogP contribution in [0.25, 0.3) is 0 Å². The molecule has 0 saturated heterocycles. The van der Waals surface area contributed by atoms with Crippen molar-refractivity contribution < 1.29 is 0 Å². The van der Waals surface area contributed by atoms with Gasteiger partial charge in [-0.05, 0) is 62.5 Å². The third kappa shape index (κ3) is 3.45. The summed E-state index contributed by atoms with van der Waals surface area (Å²) in [6.45, 7) is 6.31. The number of thioether (sulfide) groups is 1. The largest absolute Gasteiger partial charge is 0.316 e. The predicted octanol–water partition coefficient (Wildman–Crippen LogP) is 4.39. The zero-order valence-corrected chi connectivity index (χ0v) is 14.7. The lowest BCUT2D eigenvalue weighted by molar-refractivity contribution is 0.710. The van der Waals surface area contributed by atoms with Crippen LogP contribution in [0.5, 0.6) is 0 Å². The molecule has 0 fully saturated rings. The van der Waals surface area contributed by atoms with Crippen molar-refractivity contribution in [3.05, 3.63) is 44.4 Å². The number of fused-ring (bicyclic) bond motifs is 1. The molecule has 1 aromatic heterocycles. The zero-order valence-electron chi connectivity index (χ0n) is 12.3. The molecule has 0 aliphatic carbocycles. The fraction of sp³-hybridized carbons (Fsp3) is 0.438. The highest BCUT2D eigenvalue weighted by atomic mass is 35.5. The summed E-state index contributed by atoms with van der Waals surface area (Å²) in [6, 6.07) is 4.25. The summed E-state index contributed by atoms with van der Waals surface area (Å²) in [5.41, 5.74) is 5.34. The number of hydrogen-bond donors (Lipinski definition) is 1. The molecule has 0 atom stereocenters.